The lowest BCUT2D eigenvalue weighted by Gasteiger charge is -2.33. The van der Waals surface area contributed by atoms with E-state index in [0.717, 1.165) is 48.4 Å². The topological polar surface area (TPSA) is 52.2 Å². The first-order valence-corrected chi connectivity index (χ1v) is 7.58. The van der Waals surface area contributed by atoms with Crippen LogP contribution in [0.25, 0.3) is 21.8 Å². The maximum absolute atomic E-state index is 12.1. The summed E-state index contributed by atoms with van der Waals surface area (Å²) in [5, 5.41) is 1.61. The Morgan fingerprint density at radius 1 is 1.00 bits per heavy atom. The highest BCUT2D eigenvalue weighted by Crippen LogP contribution is 2.23. The molecule has 1 saturated heterocycles. The highest BCUT2D eigenvalue weighted by atomic mass is 16.1. The minimum absolute atomic E-state index is 0.0581. The fourth-order valence-electron chi connectivity index (χ4n) is 3.04. The van der Waals surface area contributed by atoms with Crippen molar-refractivity contribution in [1.29, 1.82) is 0 Å². The van der Waals surface area contributed by atoms with E-state index in [-0.39, 0.29) is 5.56 Å². The number of pyridine rings is 2. The number of rotatable bonds is 1. The number of anilines is 1. The molecule has 3 heterocycles. The number of nitrogens with one attached hydrogen (secondary N) is 1. The molecular formula is C17H18N4O. The summed E-state index contributed by atoms with van der Waals surface area (Å²) >= 11 is 0. The predicted octanol–water partition coefficient (Wildman–Crippen LogP) is 1.83. The van der Waals surface area contributed by atoms with Gasteiger partial charge in [-0.2, -0.15) is 0 Å². The van der Waals surface area contributed by atoms with E-state index in [0.29, 0.717) is 5.39 Å². The van der Waals surface area contributed by atoms with Gasteiger partial charge < -0.3 is 14.8 Å². The summed E-state index contributed by atoms with van der Waals surface area (Å²) in [6.07, 6.45) is 0. The van der Waals surface area contributed by atoms with Crippen LogP contribution in [0.5, 0.6) is 0 Å². The Morgan fingerprint density at radius 2 is 1.73 bits per heavy atom. The molecule has 4 rings (SSSR count). The van der Waals surface area contributed by atoms with Crippen LogP contribution in [-0.4, -0.2) is 48.1 Å². The number of hydrogen-bond acceptors (Lipinski definition) is 4. The molecule has 3 aromatic rings. The molecule has 0 bridgehead atoms. The first kappa shape index (κ1) is 13.3. The third kappa shape index (κ3) is 2.14. The van der Waals surface area contributed by atoms with Gasteiger partial charge in [-0.1, -0.05) is 18.2 Å². The number of nitrogens with zero attached hydrogens (tertiary/aromatic N) is 3. The molecule has 0 saturated carbocycles. The molecule has 0 radical (unpaired) electrons. The maximum atomic E-state index is 12.1. The fourth-order valence-corrected chi connectivity index (χ4v) is 3.04. The molecule has 0 unspecified atom stereocenters. The summed E-state index contributed by atoms with van der Waals surface area (Å²) in [6.45, 7) is 4.06. The van der Waals surface area contributed by atoms with Crippen LogP contribution in [0.15, 0.2) is 41.2 Å². The molecule has 2 aromatic heterocycles. The van der Waals surface area contributed by atoms with Crippen LogP contribution in [0.1, 0.15) is 0 Å². The Hall–Kier alpha value is -2.40. The van der Waals surface area contributed by atoms with Crippen LogP contribution in [0.4, 0.5) is 5.82 Å². The van der Waals surface area contributed by atoms with Crippen LogP contribution in [0, 0.1) is 0 Å². The van der Waals surface area contributed by atoms with Gasteiger partial charge in [0, 0.05) is 37.0 Å². The number of fused-ring (bicyclic) bond motifs is 3. The smallest absolute Gasteiger partial charge is 0.256 e. The van der Waals surface area contributed by atoms with E-state index >= 15 is 0 Å². The van der Waals surface area contributed by atoms with Crippen LogP contribution < -0.4 is 10.5 Å². The van der Waals surface area contributed by atoms with E-state index in [4.69, 9.17) is 4.98 Å². The van der Waals surface area contributed by atoms with Crippen LogP contribution in [0.3, 0.4) is 0 Å². The van der Waals surface area contributed by atoms with E-state index in [2.05, 4.69) is 21.8 Å². The predicted molar refractivity (Wildman–Crippen MR) is 89.6 cm³/mol. The lowest BCUT2D eigenvalue weighted by atomic mass is 10.1. The van der Waals surface area contributed by atoms with Crippen LogP contribution >= 0.6 is 0 Å². The highest BCUT2D eigenvalue weighted by molar-refractivity contribution is 6.03. The SMILES string of the molecule is CN1CCN(c2ccc3[nH]c(=O)c4ccccc4c3n2)CC1. The third-order valence-corrected chi connectivity index (χ3v) is 4.38. The van der Waals surface area contributed by atoms with Crippen molar-refractivity contribution in [3.8, 4) is 0 Å². The van der Waals surface area contributed by atoms with Gasteiger partial charge in [-0.25, -0.2) is 4.98 Å². The Morgan fingerprint density at radius 3 is 2.50 bits per heavy atom. The van der Waals surface area contributed by atoms with Crippen LogP contribution in [-0.2, 0) is 0 Å². The highest BCUT2D eigenvalue weighted by Gasteiger charge is 2.16. The largest absolute Gasteiger partial charge is 0.354 e. The number of likely N-dealkylation sites (N-methyl/N-ethyl adjacent to an activating group) is 1. The normalized spacial score (nSPS) is 16.5. The fraction of sp³-hybridized carbons (Fsp3) is 0.294. The van der Waals surface area contributed by atoms with Crippen molar-refractivity contribution in [1.82, 2.24) is 14.9 Å². The molecule has 22 heavy (non-hydrogen) atoms. The third-order valence-electron chi connectivity index (χ3n) is 4.38. The number of piperazine rings is 1. The molecule has 1 aromatic carbocycles. The summed E-state index contributed by atoms with van der Waals surface area (Å²) in [6, 6.07) is 11.6. The average molecular weight is 294 g/mol. The number of aromatic nitrogens is 2. The average Bonchev–Trinajstić information content (AvgIpc) is 2.56. The molecule has 5 heteroatoms. The van der Waals surface area contributed by atoms with Crippen molar-refractivity contribution < 1.29 is 0 Å². The van der Waals surface area contributed by atoms with Crippen molar-refractivity contribution in [3.63, 3.8) is 0 Å². The number of aromatic amines is 1. The molecule has 112 valence electrons. The molecule has 5 nitrogen and oxygen atoms in total. The Balaban J connectivity index is 1.88. The monoisotopic (exact) mass is 294 g/mol. The van der Waals surface area contributed by atoms with E-state index in [1.54, 1.807) is 0 Å². The van der Waals surface area contributed by atoms with E-state index in [1.165, 1.54) is 0 Å². The van der Waals surface area contributed by atoms with Gasteiger partial charge in [0.25, 0.3) is 5.56 Å². The zero-order chi connectivity index (χ0) is 15.1. The summed E-state index contributed by atoms with van der Waals surface area (Å²) < 4.78 is 0. The Labute approximate surface area is 128 Å². The molecule has 1 fully saturated rings. The van der Waals surface area contributed by atoms with Gasteiger partial charge in [0.2, 0.25) is 0 Å². The molecule has 0 spiro atoms. The summed E-state index contributed by atoms with van der Waals surface area (Å²) in [7, 11) is 2.14. The van der Waals surface area contributed by atoms with Crippen molar-refractivity contribution in [3.05, 3.63) is 46.8 Å². The molecular weight excluding hydrogens is 276 g/mol. The van der Waals surface area contributed by atoms with Crippen molar-refractivity contribution >= 4 is 27.6 Å². The molecule has 1 aliphatic heterocycles. The van der Waals surface area contributed by atoms with Crippen molar-refractivity contribution in [2.75, 3.05) is 38.1 Å². The van der Waals surface area contributed by atoms with Crippen molar-refractivity contribution in [2.45, 2.75) is 0 Å². The molecule has 0 atom stereocenters. The lowest BCUT2D eigenvalue weighted by Crippen LogP contribution is -2.44. The lowest BCUT2D eigenvalue weighted by molar-refractivity contribution is 0.312. The summed E-state index contributed by atoms with van der Waals surface area (Å²) in [5.74, 6) is 0.984. The zero-order valence-electron chi connectivity index (χ0n) is 12.5. The van der Waals surface area contributed by atoms with Crippen molar-refractivity contribution in [2.24, 2.45) is 0 Å². The second kappa shape index (κ2) is 5.10. The molecule has 0 amide bonds. The number of benzene rings is 1. The van der Waals surface area contributed by atoms with E-state index in [1.807, 2.05) is 36.4 Å². The standard InChI is InChI=1S/C17H18N4O/c1-20-8-10-21(11-9-20)15-7-6-14-16(19-15)12-4-2-3-5-13(12)17(22)18-14/h2-7H,8-11H2,1H3,(H,18,22). The maximum Gasteiger partial charge on any atom is 0.256 e. The minimum Gasteiger partial charge on any atom is -0.354 e. The quantitative estimate of drug-likeness (QED) is 0.696. The first-order valence-electron chi connectivity index (χ1n) is 7.58. The minimum atomic E-state index is -0.0581. The van der Waals surface area contributed by atoms with Gasteiger partial charge in [0.15, 0.2) is 0 Å². The van der Waals surface area contributed by atoms with E-state index < -0.39 is 0 Å². The van der Waals surface area contributed by atoms with Gasteiger partial charge in [-0.3, -0.25) is 4.79 Å². The first-order chi connectivity index (χ1) is 10.7. The Bertz CT molecular complexity index is 894. The van der Waals surface area contributed by atoms with Gasteiger partial charge >= 0.3 is 0 Å². The zero-order valence-corrected chi connectivity index (χ0v) is 12.5. The number of hydrogen-bond donors (Lipinski definition) is 1. The Kier molecular flexibility index (Phi) is 3.08. The molecule has 0 aliphatic carbocycles. The number of H-pyrrole nitrogens is 1. The molecule has 1 aliphatic rings. The van der Waals surface area contributed by atoms with Gasteiger partial charge in [-0.15, -0.1) is 0 Å². The van der Waals surface area contributed by atoms with Crippen LogP contribution in [0.2, 0.25) is 0 Å². The van der Waals surface area contributed by atoms with Gasteiger partial charge in [0.1, 0.15) is 5.82 Å². The molecule has 1 N–H and O–H groups in total. The van der Waals surface area contributed by atoms with E-state index in [9.17, 15) is 4.79 Å². The second-order valence-electron chi connectivity index (χ2n) is 5.86. The second-order valence-corrected chi connectivity index (χ2v) is 5.86. The summed E-state index contributed by atoms with van der Waals surface area (Å²) in [5.41, 5.74) is 1.60. The summed E-state index contributed by atoms with van der Waals surface area (Å²) in [4.78, 5) is 24.5. The van der Waals surface area contributed by atoms with Gasteiger partial charge in [0.05, 0.1) is 11.0 Å². The van der Waals surface area contributed by atoms with Gasteiger partial charge in [-0.05, 0) is 25.2 Å².